The summed E-state index contributed by atoms with van der Waals surface area (Å²) in [6.45, 7) is 0. The normalized spacial score (nSPS) is 10.3. The van der Waals surface area contributed by atoms with Gasteiger partial charge >= 0.3 is 0 Å². The van der Waals surface area contributed by atoms with Crippen molar-refractivity contribution in [2.24, 2.45) is 0 Å². The molecule has 5 nitrogen and oxygen atoms in total. The van der Waals surface area contributed by atoms with Crippen LogP contribution in [0.25, 0.3) is 0 Å². The van der Waals surface area contributed by atoms with Crippen LogP contribution < -0.4 is 4.90 Å². The summed E-state index contributed by atoms with van der Waals surface area (Å²) in [4.78, 5) is 18.4. The van der Waals surface area contributed by atoms with E-state index in [-0.39, 0.29) is 5.28 Å². The van der Waals surface area contributed by atoms with Crippen LogP contribution in [0.5, 0.6) is 0 Å². The van der Waals surface area contributed by atoms with Crippen LogP contribution in [0.3, 0.4) is 0 Å². The standard InChI is InChI=1S/C11H12ClN5/c1-17(2)11-15-9(14-10(12)16-11)7-8-5-3-4-6-13-8/h3-6H,7H2,1-2H3. The molecule has 0 radical (unpaired) electrons. The molecular weight excluding hydrogens is 238 g/mol. The molecule has 0 N–H and O–H groups in total. The van der Waals surface area contributed by atoms with E-state index in [4.69, 9.17) is 11.6 Å². The molecule has 17 heavy (non-hydrogen) atoms. The number of hydrogen-bond donors (Lipinski definition) is 0. The number of aromatic nitrogens is 4. The Bertz CT molecular complexity index is 500. The second-order valence-electron chi connectivity index (χ2n) is 3.71. The maximum absolute atomic E-state index is 5.85. The van der Waals surface area contributed by atoms with E-state index in [0.29, 0.717) is 18.2 Å². The third-order valence-electron chi connectivity index (χ3n) is 2.11. The van der Waals surface area contributed by atoms with Crippen LogP contribution in [0, 0.1) is 0 Å². The summed E-state index contributed by atoms with van der Waals surface area (Å²) in [6, 6.07) is 5.72. The molecule has 2 aromatic rings. The molecule has 0 bridgehead atoms. The van der Waals surface area contributed by atoms with Gasteiger partial charge in [0.1, 0.15) is 5.82 Å². The first-order valence-electron chi connectivity index (χ1n) is 5.13. The lowest BCUT2D eigenvalue weighted by molar-refractivity contribution is 0.870. The first-order chi connectivity index (χ1) is 8.15. The van der Waals surface area contributed by atoms with E-state index in [1.807, 2.05) is 32.3 Å². The van der Waals surface area contributed by atoms with Gasteiger partial charge in [0.25, 0.3) is 0 Å². The first-order valence-corrected chi connectivity index (χ1v) is 5.50. The molecule has 0 spiro atoms. The topological polar surface area (TPSA) is 54.8 Å². The average molecular weight is 250 g/mol. The smallest absolute Gasteiger partial charge is 0.229 e. The first kappa shape index (κ1) is 11.7. The zero-order chi connectivity index (χ0) is 12.3. The average Bonchev–Trinajstić information content (AvgIpc) is 2.29. The Morgan fingerprint density at radius 1 is 1.18 bits per heavy atom. The van der Waals surface area contributed by atoms with Gasteiger partial charge in [-0.2, -0.15) is 9.97 Å². The second kappa shape index (κ2) is 5.05. The minimum Gasteiger partial charge on any atom is -0.347 e. The van der Waals surface area contributed by atoms with Crippen LogP contribution in [-0.2, 0) is 6.42 Å². The molecule has 6 heteroatoms. The van der Waals surface area contributed by atoms with Gasteiger partial charge in [0.2, 0.25) is 11.2 Å². The number of halogens is 1. The van der Waals surface area contributed by atoms with Crippen molar-refractivity contribution in [1.82, 2.24) is 19.9 Å². The van der Waals surface area contributed by atoms with Crippen molar-refractivity contribution in [3.05, 3.63) is 41.2 Å². The third-order valence-corrected chi connectivity index (χ3v) is 2.28. The van der Waals surface area contributed by atoms with Crippen LogP contribution in [0.2, 0.25) is 5.28 Å². The molecule has 0 amide bonds. The van der Waals surface area contributed by atoms with E-state index in [1.165, 1.54) is 0 Å². The Kier molecular flexibility index (Phi) is 3.49. The van der Waals surface area contributed by atoms with Gasteiger partial charge in [-0.15, -0.1) is 0 Å². The highest BCUT2D eigenvalue weighted by Crippen LogP contribution is 2.10. The van der Waals surface area contributed by atoms with E-state index in [2.05, 4.69) is 19.9 Å². The molecule has 0 aliphatic heterocycles. The van der Waals surface area contributed by atoms with Crippen molar-refractivity contribution < 1.29 is 0 Å². The Balaban J connectivity index is 2.27. The van der Waals surface area contributed by atoms with Crippen molar-refractivity contribution in [3.8, 4) is 0 Å². The van der Waals surface area contributed by atoms with Gasteiger partial charge in [-0.25, -0.2) is 4.98 Å². The van der Waals surface area contributed by atoms with E-state index >= 15 is 0 Å². The Morgan fingerprint density at radius 3 is 2.65 bits per heavy atom. The lowest BCUT2D eigenvalue weighted by atomic mass is 10.2. The lowest BCUT2D eigenvalue weighted by Crippen LogP contribution is -2.15. The Labute approximate surface area is 105 Å². The SMILES string of the molecule is CN(C)c1nc(Cl)nc(Cc2ccccn2)n1. The second-order valence-corrected chi connectivity index (χ2v) is 4.05. The molecule has 0 unspecified atom stereocenters. The van der Waals surface area contributed by atoms with Crippen molar-refractivity contribution >= 4 is 17.5 Å². The van der Waals surface area contributed by atoms with E-state index in [1.54, 1.807) is 11.1 Å². The van der Waals surface area contributed by atoms with Gasteiger partial charge in [-0.05, 0) is 23.7 Å². The summed E-state index contributed by atoms with van der Waals surface area (Å²) >= 11 is 5.85. The highest BCUT2D eigenvalue weighted by atomic mass is 35.5. The van der Waals surface area contributed by atoms with Crippen LogP contribution >= 0.6 is 11.6 Å². The summed E-state index contributed by atoms with van der Waals surface area (Å²) in [6.07, 6.45) is 2.29. The predicted octanol–water partition coefficient (Wildman–Crippen LogP) is 1.58. The van der Waals surface area contributed by atoms with Crippen molar-refractivity contribution in [1.29, 1.82) is 0 Å². The van der Waals surface area contributed by atoms with E-state index < -0.39 is 0 Å². The maximum atomic E-state index is 5.85. The van der Waals surface area contributed by atoms with Gasteiger partial charge in [-0.3, -0.25) is 4.98 Å². The Morgan fingerprint density at radius 2 is 2.00 bits per heavy atom. The summed E-state index contributed by atoms with van der Waals surface area (Å²) in [7, 11) is 3.71. The summed E-state index contributed by atoms with van der Waals surface area (Å²) < 4.78 is 0. The summed E-state index contributed by atoms with van der Waals surface area (Å²) in [5, 5.41) is 0.203. The van der Waals surface area contributed by atoms with E-state index in [9.17, 15) is 0 Å². The molecule has 2 aromatic heterocycles. The molecule has 2 heterocycles. The van der Waals surface area contributed by atoms with Crippen LogP contribution in [0.4, 0.5) is 5.95 Å². The fraction of sp³-hybridized carbons (Fsp3) is 0.273. The van der Waals surface area contributed by atoms with Crippen molar-refractivity contribution in [2.75, 3.05) is 19.0 Å². The number of anilines is 1. The van der Waals surface area contributed by atoms with Crippen LogP contribution in [0.1, 0.15) is 11.5 Å². The molecule has 0 saturated carbocycles. The van der Waals surface area contributed by atoms with Crippen molar-refractivity contribution in [3.63, 3.8) is 0 Å². The van der Waals surface area contributed by atoms with Gasteiger partial charge in [0, 0.05) is 26.0 Å². The van der Waals surface area contributed by atoms with Gasteiger partial charge in [-0.1, -0.05) is 6.07 Å². The van der Waals surface area contributed by atoms with Crippen LogP contribution in [0.15, 0.2) is 24.4 Å². The fourth-order valence-corrected chi connectivity index (χ4v) is 1.50. The fourth-order valence-electron chi connectivity index (χ4n) is 1.32. The monoisotopic (exact) mass is 249 g/mol. The zero-order valence-electron chi connectivity index (χ0n) is 9.63. The number of nitrogens with zero attached hydrogens (tertiary/aromatic N) is 5. The molecule has 0 saturated heterocycles. The molecule has 0 aliphatic carbocycles. The Hall–Kier alpha value is -1.75. The predicted molar refractivity (Wildman–Crippen MR) is 66.2 cm³/mol. The zero-order valence-corrected chi connectivity index (χ0v) is 10.4. The molecule has 0 fully saturated rings. The van der Waals surface area contributed by atoms with Crippen molar-refractivity contribution in [2.45, 2.75) is 6.42 Å². The largest absolute Gasteiger partial charge is 0.347 e. The van der Waals surface area contributed by atoms with Gasteiger partial charge in [0.05, 0.1) is 6.42 Å². The summed E-state index contributed by atoms with van der Waals surface area (Å²) in [5.41, 5.74) is 0.902. The molecule has 0 atom stereocenters. The third kappa shape index (κ3) is 3.10. The quantitative estimate of drug-likeness (QED) is 0.827. The molecule has 0 aromatic carbocycles. The highest BCUT2D eigenvalue weighted by molar-refractivity contribution is 6.28. The summed E-state index contributed by atoms with van der Waals surface area (Å²) in [5.74, 6) is 1.17. The molecular formula is C11H12ClN5. The van der Waals surface area contributed by atoms with E-state index in [0.717, 1.165) is 5.69 Å². The highest BCUT2D eigenvalue weighted by Gasteiger charge is 2.07. The lowest BCUT2D eigenvalue weighted by Gasteiger charge is -2.10. The number of pyridine rings is 1. The molecule has 88 valence electrons. The minimum absolute atomic E-state index is 0.203. The van der Waals surface area contributed by atoms with Gasteiger partial charge < -0.3 is 4.90 Å². The van der Waals surface area contributed by atoms with Crippen LogP contribution in [-0.4, -0.2) is 34.0 Å². The number of hydrogen-bond acceptors (Lipinski definition) is 5. The molecule has 0 aliphatic rings. The van der Waals surface area contributed by atoms with Gasteiger partial charge in [0.15, 0.2) is 0 Å². The molecule has 2 rings (SSSR count). The number of rotatable bonds is 3. The maximum Gasteiger partial charge on any atom is 0.229 e. The minimum atomic E-state index is 0.203.